The first kappa shape index (κ1) is 13.8. The molecule has 0 aliphatic heterocycles. The molecule has 0 radical (unpaired) electrons. The van der Waals surface area contributed by atoms with E-state index in [-0.39, 0.29) is 22.2 Å². The van der Waals surface area contributed by atoms with Crippen LogP contribution >= 0.6 is 34.3 Å². The van der Waals surface area contributed by atoms with E-state index < -0.39 is 15.9 Å². The van der Waals surface area contributed by atoms with Gasteiger partial charge in [0.1, 0.15) is 4.88 Å². The van der Waals surface area contributed by atoms with Gasteiger partial charge in [-0.1, -0.05) is 11.6 Å². The molecule has 0 aliphatic carbocycles. The van der Waals surface area contributed by atoms with Crippen molar-refractivity contribution in [2.45, 2.75) is 0 Å². The molecule has 2 aromatic heterocycles. The van der Waals surface area contributed by atoms with E-state index in [9.17, 15) is 13.2 Å². The Labute approximate surface area is 117 Å². The van der Waals surface area contributed by atoms with Crippen molar-refractivity contribution >= 4 is 59.6 Å². The van der Waals surface area contributed by atoms with Crippen LogP contribution in [0.2, 0.25) is 5.02 Å². The second kappa shape index (κ2) is 5.14. The quantitative estimate of drug-likeness (QED) is 0.894. The molecule has 0 spiro atoms. The number of nitrogens with two attached hydrogens (primary N) is 1. The third-order valence-corrected chi connectivity index (χ3v) is 6.12. The highest BCUT2D eigenvalue weighted by molar-refractivity contribution is 7.90. The summed E-state index contributed by atoms with van der Waals surface area (Å²) in [4.78, 5) is 12.0. The number of carbonyl (C=O) groups is 1. The van der Waals surface area contributed by atoms with Gasteiger partial charge in [0.25, 0.3) is 5.91 Å². The average Bonchev–Trinajstić information content (AvgIpc) is 2.81. The Hall–Kier alpha value is -0.670. The molecule has 9 heteroatoms. The first-order chi connectivity index (χ1) is 8.44. The summed E-state index contributed by atoms with van der Waals surface area (Å²) in [6, 6.07) is 1.80. The molecule has 0 bridgehead atoms. The minimum absolute atomic E-state index is 0.0458. The van der Waals surface area contributed by atoms with Crippen molar-refractivity contribution in [3.05, 3.63) is 21.3 Å². The molecule has 0 aromatic carbocycles. The summed E-state index contributed by atoms with van der Waals surface area (Å²) in [5, 5.41) is 2.92. The number of carbonyl (C=O) groups excluding carboxylic acids is 1. The van der Waals surface area contributed by atoms with Gasteiger partial charge in [0, 0.05) is 11.9 Å². The second-order valence-corrected chi connectivity index (χ2v) is 7.82. The number of fused-ring (bicyclic) bond motifs is 1. The Kier molecular flexibility index (Phi) is 3.93. The maximum absolute atomic E-state index is 11.8. The number of thiophene rings is 2. The first-order valence-corrected chi connectivity index (χ1v) is 8.57. The van der Waals surface area contributed by atoms with Crippen molar-refractivity contribution in [2.24, 2.45) is 5.73 Å². The number of hydrogen-bond donors (Lipinski definition) is 2. The van der Waals surface area contributed by atoms with Gasteiger partial charge in [-0.25, -0.2) is 13.1 Å². The fourth-order valence-electron chi connectivity index (χ4n) is 1.34. The van der Waals surface area contributed by atoms with Crippen LogP contribution in [0.3, 0.4) is 0 Å². The summed E-state index contributed by atoms with van der Waals surface area (Å²) in [6.45, 7) is -0.0458. The van der Waals surface area contributed by atoms with Gasteiger partial charge in [-0.05, 0) is 11.4 Å². The van der Waals surface area contributed by atoms with Gasteiger partial charge in [0.15, 0.2) is 0 Å². The predicted octanol–water partition coefficient (Wildman–Crippen LogP) is 1.63. The lowest BCUT2D eigenvalue weighted by Gasteiger charge is -2.04. The summed E-state index contributed by atoms with van der Waals surface area (Å²) in [7, 11) is -3.69. The normalized spacial score (nSPS) is 11.9. The lowest BCUT2D eigenvalue weighted by molar-refractivity contribution is 0.0985. The van der Waals surface area contributed by atoms with E-state index >= 15 is 0 Å². The molecule has 18 heavy (non-hydrogen) atoms. The number of hydrogen-bond acceptors (Lipinski definition) is 6. The van der Waals surface area contributed by atoms with Crippen LogP contribution in [0.1, 0.15) is 9.67 Å². The number of amides is 1. The van der Waals surface area contributed by atoms with Gasteiger partial charge in [-0.15, -0.1) is 22.7 Å². The minimum atomic E-state index is -3.69. The zero-order chi connectivity index (χ0) is 13.3. The highest BCUT2D eigenvalue weighted by Crippen LogP contribution is 2.38. The van der Waals surface area contributed by atoms with Crippen LogP contribution < -0.4 is 10.5 Å². The lowest BCUT2D eigenvalue weighted by Crippen LogP contribution is -2.34. The van der Waals surface area contributed by atoms with Crippen molar-refractivity contribution in [3.8, 4) is 0 Å². The van der Waals surface area contributed by atoms with Crippen molar-refractivity contribution in [2.75, 3.05) is 12.3 Å². The third kappa shape index (κ3) is 2.67. The Balaban J connectivity index is 2.29. The molecule has 1 amide bonds. The highest BCUT2D eigenvalue weighted by Gasteiger charge is 2.21. The maximum Gasteiger partial charge on any atom is 0.276 e. The summed E-state index contributed by atoms with van der Waals surface area (Å²) in [6.07, 6.45) is 0. The van der Waals surface area contributed by atoms with E-state index in [0.29, 0.717) is 0 Å². The molecular formula is C9H9ClN2O3S3. The molecule has 5 nitrogen and oxygen atoms in total. The minimum Gasteiger partial charge on any atom is -0.329 e. The molecule has 0 saturated carbocycles. The predicted molar refractivity (Wildman–Crippen MR) is 75.0 cm³/mol. The summed E-state index contributed by atoms with van der Waals surface area (Å²) < 4.78 is 25.7. The fraction of sp³-hybridized carbons (Fsp3) is 0.222. The molecule has 0 atom stereocenters. The standard InChI is InChI=1S/C9H9ClN2O3S3/c10-6-5-1-3-16-9(5)17-7(6)8(13)12-18(14,15)4-2-11/h1,3H,2,4,11H2,(H,12,13). The van der Waals surface area contributed by atoms with Gasteiger partial charge < -0.3 is 5.73 Å². The van der Waals surface area contributed by atoms with Crippen molar-refractivity contribution < 1.29 is 13.2 Å². The molecule has 98 valence electrons. The largest absolute Gasteiger partial charge is 0.329 e. The molecule has 2 aromatic rings. The van der Waals surface area contributed by atoms with E-state index in [2.05, 4.69) is 0 Å². The Morgan fingerprint density at radius 3 is 2.83 bits per heavy atom. The molecule has 2 rings (SSSR count). The summed E-state index contributed by atoms with van der Waals surface area (Å²) in [5.74, 6) is -1.00. The van der Waals surface area contributed by atoms with Crippen molar-refractivity contribution in [1.29, 1.82) is 0 Å². The van der Waals surface area contributed by atoms with E-state index in [0.717, 1.165) is 9.40 Å². The molecule has 3 N–H and O–H groups in total. The van der Waals surface area contributed by atoms with Crippen molar-refractivity contribution in [3.63, 3.8) is 0 Å². The van der Waals surface area contributed by atoms with E-state index in [1.54, 1.807) is 6.07 Å². The molecule has 0 unspecified atom stereocenters. The number of halogens is 1. The maximum atomic E-state index is 11.8. The molecule has 2 heterocycles. The Morgan fingerprint density at radius 2 is 2.22 bits per heavy atom. The van der Waals surface area contributed by atoms with Crippen LogP contribution in [0.5, 0.6) is 0 Å². The SMILES string of the molecule is NCCS(=O)(=O)NC(=O)c1sc2sccc2c1Cl. The monoisotopic (exact) mass is 324 g/mol. The number of sulfonamides is 1. The molecule has 0 aliphatic rings. The second-order valence-electron chi connectivity index (χ2n) is 3.41. The summed E-state index contributed by atoms with van der Waals surface area (Å²) in [5.41, 5.74) is 5.15. The van der Waals surface area contributed by atoms with Crippen LogP contribution in [-0.4, -0.2) is 26.6 Å². The lowest BCUT2D eigenvalue weighted by atomic mass is 10.3. The zero-order valence-electron chi connectivity index (χ0n) is 8.97. The highest BCUT2D eigenvalue weighted by atomic mass is 35.5. The Morgan fingerprint density at radius 1 is 1.50 bits per heavy atom. The van der Waals surface area contributed by atoms with Crippen LogP contribution in [-0.2, 0) is 10.0 Å². The van der Waals surface area contributed by atoms with E-state index in [1.807, 2.05) is 10.1 Å². The molecule has 0 saturated heterocycles. The topological polar surface area (TPSA) is 89.3 Å². The first-order valence-electron chi connectivity index (χ1n) is 4.85. The zero-order valence-corrected chi connectivity index (χ0v) is 12.2. The fourth-order valence-corrected chi connectivity index (χ4v) is 4.71. The number of nitrogens with one attached hydrogen (secondary N) is 1. The molecular weight excluding hydrogens is 316 g/mol. The molecule has 0 fully saturated rings. The summed E-state index contributed by atoms with van der Waals surface area (Å²) >= 11 is 8.66. The van der Waals surface area contributed by atoms with Crippen LogP contribution in [0.25, 0.3) is 9.40 Å². The van der Waals surface area contributed by atoms with Gasteiger partial charge in [-0.2, -0.15) is 0 Å². The Bertz CT molecular complexity index is 689. The average molecular weight is 325 g/mol. The number of rotatable bonds is 4. The van der Waals surface area contributed by atoms with E-state index in [1.165, 1.54) is 22.7 Å². The van der Waals surface area contributed by atoms with Crippen LogP contribution in [0, 0.1) is 0 Å². The van der Waals surface area contributed by atoms with Crippen LogP contribution in [0.15, 0.2) is 11.4 Å². The third-order valence-electron chi connectivity index (χ3n) is 2.10. The van der Waals surface area contributed by atoms with Gasteiger partial charge >= 0.3 is 0 Å². The van der Waals surface area contributed by atoms with Gasteiger partial charge in [-0.3, -0.25) is 4.79 Å². The van der Waals surface area contributed by atoms with Gasteiger partial charge in [0.05, 0.1) is 14.8 Å². The van der Waals surface area contributed by atoms with Gasteiger partial charge in [0.2, 0.25) is 10.0 Å². The van der Waals surface area contributed by atoms with Crippen molar-refractivity contribution in [1.82, 2.24) is 4.72 Å². The van der Waals surface area contributed by atoms with E-state index in [4.69, 9.17) is 17.3 Å². The van der Waals surface area contributed by atoms with Crippen LogP contribution in [0.4, 0.5) is 0 Å². The smallest absolute Gasteiger partial charge is 0.276 e.